The van der Waals surface area contributed by atoms with Gasteiger partial charge in [0.1, 0.15) is 23.3 Å². The lowest BCUT2D eigenvalue weighted by atomic mass is 10.2. The minimum Gasteiger partial charge on any atom is -0.488 e. The van der Waals surface area contributed by atoms with Crippen LogP contribution in [0.5, 0.6) is 5.75 Å². The zero-order valence-corrected chi connectivity index (χ0v) is 13.7. The van der Waals surface area contributed by atoms with Crippen LogP contribution in [-0.4, -0.2) is 35.0 Å². The second-order valence-corrected chi connectivity index (χ2v) is 5.93. The van der Waals surface area contributed by atoms with Crippen molar-refractivity contribution in [2.75, 3.05) is 13.1 Å². The molecule has 1 atom stereocenters. The molecule has 1 saturated heterocycles. The van der Waals surface area contributed by atoms with Crippen LogP contribution in [0.15, 0.2) is 39.7 Å². The number of aromatic nitrogens is 1. The van der Waals surface area contributed by atoms with Gasteiger partial charge in [-0.05, 0) is 19.1 Å². The Morgan fingerprint density at radius 2 is 2.12 bits per heavy atom. The second kappa shape index (κ2) is 6.81. The number of aryl methyl sites for hydroxylation is 1. The lowest BCUT2D eigenvalue weighted by molar-refractivity contribution is -0.141. The average molecular weight is 368 g/mol. The molecule has 1 unspecified atom stereocenters. The standard InChI is InChI=1S/C17H15F3N2O4/c1-10-6-13(7-15(23)25-10)26-12-4-5-22(9-12)16(24)11-2-3-14(21-8-11)17(18,19)20/h2-3,6-8,12H,4-5,9H2,1H3. The minimum atomic E-state index is -4.55. The highest BCUT2D eigenvalue weighted by Gasteiger charge is 2.33. The Kier molecular flexibility index (Phi) is 4.71. The van der Waals surface area contributed by atoms with Gasteiger partial charge in [-0.3, -0.25) is 9.78 Å². The number of hydrogen-bond donors (Lipinski definition) is 0. The summed E-state index contributed by atoms with van der Waals surface area (Å²) < 4.78 is 48.1. The first kappa shape index (κ1) is 18.0. The Balaban J connectivity index is 1.64. The fourth-order valence-corrected chi connectivity index (χ4v) is 2.72. The third-order valence-electron chi connectivity index (χ3n) is 3.90. The number of carbonyl (C=O) groups excluding carboxylic acids is 1. The Bertz CT molecular complexity index is 862. The molecule has 0 spiro atoms. The Labute approximate surface area is 146 Å². The molecule has 9 heteroatoms. The normalized spacial score (nSPS) is 17.4. The first-order chi connectivity index (χ1) is 12.2. The molecule has 0 N–H and O–H groups in total. The van der Waals surface area contributed by atoms with E-state index in [1.807, 2.05) is 0 Å². The summed E-state index contributed by atoms with van der Waals surface area (Å²) in [5, 5.41) is 0. The summed E-state index contributed by atoms with van der Waals surface area (Å²) in [6.07, 6.45) is -3.40. The molecule has 6 nitrogen and oxygen atoms in total. The van der Waals surface area contributed by atoms with Crippen LogP contribution in [0.25, 0.3) is 0 Å². The fraction of sp³-hybridized carbons (Fsp3) is 0.353. The highest BCUT2D eigenvalue weighted by atomic mass is 19.4. The van der Waals surface area contributed by atoms with E-state index in [-0.39, 0.29) is 18.2 Å². The number of halogens is 3. The van der Waals surface area contributed by atoms with Crippen molar-refractivity contribution in [1.82, 2.24) is 9.88 Å². The van der Waals surface area contributed by atoms with Crippen LogP contribution in [0, 0.1) is 6.92 Å². The molecule has 1 aliphatic rings. The number of hydrogen-bond acceptors (Lipinski definition) is 5. The van der Waals surface area contributed by atoms with Crippen LogP contribution < -0.4 is 10.4 Å². The monoisotopic (exact) mass is 368 g/mol. The predicted octanol–water partition coefficient (Wildman–Crippen LogP) is 2.66. The molecule has 1 amide bonds. The third kappa shape index (κ3) is 4.04. The number of rotatable bonds is 3. The zero-order valence-electron chi connectivity index (χ0n) is 13.7. The SMILES string of the molecule is Cc1cc(OC2CCN(C(=O)c3ccc(C(F)(F)F)nc3)C2)cc(=O)o1. The smallest absolute Gasteiger partial charge is 0.433 e. The van der Waals surface area contributed by atoms with Crippen LogP contribution >= 0.6 is 0 Å². The van der Waals surface area contributed by atoms with E-state index in [9.17, 15) is 22.8 Å². The highest BCUT2D eigenvalue weighted by molar-refractivity contribution is 5.94. The highest BCUT2D eigenvalue weighted by Crippen LogP contribution is 2.27. The summed E-state index contributed by atoms with van der Waals surface area (Å²) >= 11 is 0. The van der Waals surface area contributed by atoms with E-state index >= 15 is 0 Å². The second-order valence-electron chi connectivity index (χ2n) is 5.93. The summed E-state index contributed by atoms with van der Waals surface area (Å²) in [5.41, 5.74) is -1.49. The van der Waals surface area contributed by atoms with Crippen molar-refractivity contribution < 1.29 is 27.1 Å². The first-order valence-corrected chi connectivity index (χ1v) is 7.83. The average Bonchev–Trinajstić information content (AvgIpc) is 3.01. The van der Waals surface area contributed by atoms with Gasteiger partial charge in [-0.2, -0.15) is 13.2 Å². The van der Waals surface area contributed by atoms with Gasteiger partial charge in [-0.15, -0.1) is 0 Å². The number of alkyl halides is 3. The molecule has 0 radical (unpaired) electrons. The van der Waals surface area contributed by atoms with E-state index in [1.165, 1.54) is 11.0 Å². The van der Waals surface area contributed by atoms with Crippen LogP contribution in [0.4, 0.5) is 13.2 Å². The van der Waals surface area contributed by atoms with Crippen LogP contribution in [-0.2, 0) is 6.18 Å². The number of ether oxygens (including phenoxy) is 1. The molecule has 2 aromatic heterocycles. The molecule has 138 valence electrons. The molecule has 26 heavy (non-hydrogen) atoms. The van der Waals surface area contributed by atoms with Crippen molar-refractivity contribution in [2.45, 2.75) is 25.6 Å². The van der Waals surface area contributed by atoms with E-state index in [0.717, 1.165) is 18.3 Å². The number of amides is 1. The maximum absolute atomic E-state index is 12.5. The summed E-state index contributed by atoms with van der Waals surface area (Å²) in [5.74, 6) is 0.351. The van der Waals surface area contributed by atoms with Crippen molar-refractivity contribution in [3.05, 3.63) is 57.9 Å². The molecule has 3 heterocycles. The van der Waals surface area contributed by atoms with Gasteiger partial charge in [0.25, 0.3) is 5.91 Å². The maximum Gasteiger partial charge on any atom is 0.433 e. The first-order valence-electron chi connectivity index (χ1n) is 7.83. The van der Waals surface area contributed by atoms with Crippen molar-refractivity contribution >= 4 is 5.91 Å². The number of nitrogens with zero attached hydrogens (tertiary/aromatic N) is 2. The largest absolute Gasteiger partial charge is 0.488 e. The summed E-state index contributed by atoms with van der Waals surface area (Å²) in [4.78, 5) is 28.5. The van der Waals surface area contributed by atoms with Crippen LogP contribution in [0.2, 0.25) is 0 Å². The molecule has 3 rings (SSSR count). The Morgan fingerprint density at radius 3 is 2.73 bits per heavy atom. The van der Waals surface area contributed by atoms with Gasteiger partial charge < -0.3 is 14.1 Å². The number of pyridine rings is 1. The molecular weight excluding hydrogens is 353 g/mol. The Hall–Kier alpha value is -2.84. The van der Waals surface area contributed by atoms with Crippen LogP contribution in [0.1, 0.15) is 28.2 Å². The summed E-state index contributed by atoms with van der Waals surface area (Å²) in [7, 11) is 0. The third-order valence-corrected chi connectivity index (χ3v) is 3.90. The maximum atomic E-state index is 12.5. The zero-order chi connectivity index (χ0) is 18.9. The van der Waals surface area contributed by atoms with Gasteiger partial charge in [-0.25, -0.2) is 4.79 Å². The van der Waals surface area contributed by atoms with E-state index in [1.54, 1.807) is 13.0 Å². The lowest BCUT2D eigenvalue weighted by Crippen LogP contribution is -2.31. The fourth-order valence-electron chi connectivity index (χ4n) is 2.72. The van der Waals surface area contributed by atoms with E-state index in [2.05, 4.69) is 4.98 Å². The van der Waals surface area contributed by atoms with Gasteiger partial charge in [0.15, 0.2) is 0 Å². The minimum absolute atomic E-state index is 0.0786. The molecule has 0 aromatic carbocycles. The molecule has 0 saturated carbocycles. The van der Waals surface area contributed by atoms with Crippen molar-refractivity contribution in [1.29, 1.82) is 0 Å². The number of carbonyl (C=O) groups is 1. The lowest BCUT2D eigenvalue weighted by Gasteiger charge is -2.17. The van der Waals surface area contributed by atoms with Crippen molar-refractivity contribution in [3.8, 4) is 5.75 Å². The number of likely N-dealkylation sites (tertiary alicyclic amines) is 1. The molecule has 0 bridgehead atoms. The van der Waals surface area contributed by atoms with Gasteiger partial charge in [0.05, 0.1) is 18.2 Å². The van der Waals surface area contributed by atoms with E-state index in [0.29, 0.717) is 24.5 Å². The molecule has 2 aromatic rings. The Morgan fingerprint density at radius 1 is 1.35 bits per heavy atom. The molecule has 1 fully saturated rings. The van der Waals surface area contributed by atoms with E-state index < -0.39 is 23.4 Å². The predicted molar refractivity (Wildman–Crippen MR) is 83.9 cm³/mol. The molecule has 1 aliphatic heterocycles. The quantitative estimate of drug-likeness (QED) is 0.833. The summed E-state index contributed by atoms with van der Waals surface area (Å²) in [6, 6.07) is 4.68. The van der Waals surface area contributed by atoms with Crippen molar-refractivity contribution in [3.63, 3.8) is 0 Å². The van der Waals surface area contributed by atoms with Crippen molar-refractivity contribution in [2.24, 2.45) is 0 Å². The van der Waals surface area contributed by atoms with E-state index in [4.69, 9.17) is 9.15 Å². The summed E-state index contributed by atoms with van der Waals surface area (Å²) in [6.45, 7) is 2.28. The van der Waals surface area contributed by atoms with Gasteiger partial charge in [-0.1, -0.05) is 0 Å². The topological polar surface area (TPSA) is 72.6 Å². The van der Waals surface area contributed by atoms with Crippen LogP contribution in [0.3, 0.4) is 0 Å². The van der Waals surface area contributed by atoms with Gasteiger partial charge in [0.2, 0.25) is 0 Å². The molecular formula is C17H15F3N2O4. The van der Waals surface area contributed by atoms with Gasteiger partial charge >= 0.3 is 11.8 Å². The van der Waals surface area contributed by atoms with Gasteiger partial charge in [0, 0.05) is 25.2 Å². The molecule has 0 aliphatic carbocycles.